The van der Waals surface area contributed by atoms with Gasteiger partial charge < -0.3 is 4.74 Å². The second kappa shape index (κ2) is 5.19. The summed E-state index contributed by atoms with van der Waals surface area (Å²) < 4.78 is 32.8. The number of hydrogen-bond acceptors (Lipinski definition) is 2. The maximum absolute atomic E-state index is 14.2. The molecule has 2 atom stereocenters. The number of fused-ring (bicyclic) bond motifs is 1. The number of carbonyl (C=O) groups excluding carboxylic acids is 1. The van der Waals surface area contributed by atoms with E-state index in [0.29, 0.717) is 5.57 Å². The summed E-state index contributed by atoms with van der Waals surface area (Å²) in [4.78, 5) is 13.6. The molecule has 1 amide bonds. The van der Waals surface area contributed by atoms with Crippen LogP contribution in [0.5, 0.6) is 0 Å². The van der Waals surface area contributed by atoms with Crippen LogP contribution < -0.4 is 0 Å². The molecular formula is C18H13F2NO2. The van der Waals surface area contributed by atoms with Gasteiger partial charge in [0.1, 0.15) is 18.2 Å². The number of ether oxygens (including phenoxy) is 1. The first-order valence-corrected chi connectivity index (χ1v) is 7.32. The molecule has 2 aromatic carbocycles. The molecule has 3 nitrogen and oxygen atoms in total. The number of rotatable bonds is 2. The van der Waals surface area contributed by atoms with E-state index in [1.54, 1.807) is 4.90 Å². The second-order valence-electron chi connectivity index (χ2n) is 5.60. The van der Waals surface area contributed by atoms with E-state index >= 15 is 0 Å². The maximum atomic E-state index is 14.2. The van der Waals surface area contributed by atoms with Gasteiger partial charge in [-0.25, -0.2) is 13.6 Å². The Hall–Kier alpha value is -2.69. The van der Waals surface area contributed by atoms with Crippen LogP contribution in [0, 0.1) is 11.6 Å². The zero-order valence-corrected chi connectivity index (χ0v) is 12.1. The molecule has 0 radical (unpaired) electrons. The Morgan fingerprint density at radius 3 is 2.65 bits per heavy atom. The summed E-state index contributed by atoms with van der Waals surface area (Å²) in [7, 11) is 0. The highest BCUT2D eigenvalue weighted by molar-refractivity contribution is 5.83. The summed E-state index contributed by atoms with van der Waals surface area (Å²) in [6.45, 7) is 0.143. The Balaban J connectivity index is 1.83. The zero-order valence-electron chi connectivity index (χ0n) is 12.1. The van der Waals surface area contributed by atoms with E-state index in [2.05, 4.69) is 0 Å². The molecule has 2 aliphatic rings. The molecule has 0 unspecified atom stereocenters. The Labute approximate surface area is 131 Å². The molecule has 2 heterocycles. The number of hydrogen-bond donors (Lipinski definition) is 0. The molecule has 4 rings (SSSR count). The van der Waals surface area contributed by atoms with E-state index in [0.717, 1.165) is 23.8 Å². The molecular weight excluding hydrogens is 300 g/mol. The van der Waals surface area contributed by atoms with Gasteiger partial charge >= 0.3 is 6.09 Å². The number of cyclic esters (lactones) is 1. The number of benzene rings is 2. The van der Waals surface area contributed by atoms with E-state index in [-0.39, 0.29) is 18.2 Å². The van der Waals surface area contributed by atoms with E-state index in [1.165, 1.54) is 0 Å². The van der Waals surface area contributed by atoms with Gasteiger partial charge in [0, 0.05) is 5.56 Å². The minimum Gasteiger partial charge on any atom is -0.447 e. The van der Waals surface area contributed by atoms with Crippen LogP contribution in [0.1, 0.15) is 17.2 Å². The van der Waals surface area contributed by atoms with Crippen LogP contribution in [0.2, 0.25) is 0 Å². The van der Waals surface area contributed by atoms with Gasteiger partial charge in [-0.3, -0.25) is 4.90 Å². The van der Waals surface area contributed by atoms with Gasteiger partial charge in [0.05, 0.1) is 12.1 Å². The Bertz CT molecular complexity index is 804. The first-order chi connectivity index (χ1) is 11.1. The molecule has 0 saturated carbocycles. The fourth-order valence-corrected chi connectivity index (χ4v) is 3.24. The van der Waals surface area contributed by atoms with Crippen molar-refractivity contribution < 1.29 is 18.3 Å². The number of amides is 1. The van der Waals surface area contributed by atoms with Crippen molar-refractivity contribution in [3.8, 4) is 0 Å². The maximum Gasteiger partial charge on any atom is 0.411 e. The van der Waals surface area contributed by atoms with Gasteiger partial charge in [0.15, 0.2) is 0 Å². The highest BCUT2D eigenvalue weighted by Gasteiger charge is 2.45. The van der Waals surface area contributed by atoms with Crippen molar-refractivity contribution in [2.24, 2.45) is 0 Å². The lowest BCUT2D eigenvalue weighted by atomic mass is 9.99. The van der Waals surface area contributed by atoms with Crippen molar-refractivity contribution in [3.63, 3.8) is 0 Å². The highest BCUT2D eigenvalue weighted by Crippen LogP contribution is 2.43. The molecule has 0 spiro atoms. The van der Waals surface area contributed by atoms with Gasteiger partial charge in [-0.2, -0.15) is 0 Å². The van der Waals surface area contributed by atoms with Crippen LogP contribution in [0.3, 0.4) is 0 Å². The summed E-state index contributed by atoms with van der Waals surface area (Å²) in [5, 5.41) is 0. The van der Waals surface area contributed by atoms with Crippen molar-refractivity contribution in [2.45, 2.75) is 12.1 Å². The average Bonchev–Trinajstić information content (AvgIpc) is 3.12. The van der Waals surface area contributed by atoms with E-state index in [4.69, 9.17) is 4.74 Å². The summed E-state index contributed by atoms with van der Waals surface area (Å²) in [5.41, 5.74) is 1.67. The molecule has 116 valence electrons. The molecule has 2 aliphatic heterocycles. The predicted molar refractivity (Wildman–Crippen MR) is 80.5 cm³/mol. The number of carbonyl (C=O) groups is 1. The summed E-state index contributed by atoms with van der Waals surface area (Å²) in [6, 6.07) is 12.0. The molecule has 0 aliphatic carbocycles. The van der Waals surface area contributed by atoms with Crippen molar-refractivity contribution in [1.82, 2.24) is 4.90 Å². The molecule has 5 heteroatoms. The Kier molecular flexibility index (Phi) is 3.15. The van der Waals surface area contributed by atoms with Crippen LogP contribution in [0.15, 0.2) is 54.6 Å². The molecule has 1 saturated heterocycles. The molecule has 2 aromatic rings. The SMILES string of the molecule is O=C1OC[C@@H]2C(c3cc(F)ccc3F)=C[C@@H](c3ccccc3)N12. The quantitative estimate of drug-likeness (QED) is 0.841. The van der Waals surface area contributed by atoms with Crippen molar-refractivity contribution >= 4 is 11.7 Å². The van der Waals surface area contributed by atoms with Crippen LogP contribution in [0.4, 0.5) is 13.6 Å². The Morgan fingerprint density at radius 1 is 1.09 bits per heavy atom. The van der Waals surface area contributed by atoms with Crippen molar-refractivity contribution in [3.05, 3.63) is 77.4 Å². The molecule has 0 bridgehead atoms. The minimum absolute atomic E-state index is 0.143. The fraction of sp³-hybridized carbons (Fsp3) is 0.167. The number of nitrogens with zero attached hydrogens (tertiary/aromatic N) is 1. The molecule has 23 heavy (non-hydrogen) atoms. The smallest absolute Gasteiger partial charge is 0.411 e. The first-order valence-electron chi connectivity index (χ1n) is 7.32. The minimum atomic E-state index is -0.512. The average molecular weight is 313 g/mol. The molecule has 0 N–H and O–H groups in total. The van der Waals surface area contributed by atoms with Crippen LogP contribution in [-0.4, -0.2) is 23.6 Å². The van der Waals surface area contributed by atoms with E-state index < -0.39 is 23.8 Å². The number of halogens is 2. The van der Waals surface area contributed by atoms with Crippen molar-refractivity contribution in [1.29, 1.82) is 0 Å². The fourth-order valence-electron chi connectivity index (χ4n) is 3.24. The van der Waals surface area contributed by atoms with Crippen LogP contribution in [-0.2, 0) is 4.74 Å². The van der Waals surface area contributed by atoms with Gasteiger partial charge in [0.2, 0.25) is 0 Å². The van der Waals surface area contributed by atoms with E-state index in [9.17, 15) is 13.6 Å². The van der Waals surface area contributed by atoms with Gasteiger partial charge in [-0.1, -0.05) is 36.4 Å². The summed E-state index contributed by atoms with van der Waals surface area (Å²) >= 11 is 0. The largest absolute Gasteiger partial charge is 0.447 e. The van der Waals surface area contributed by atoms with Crippen LogP contribution in [0.25, 0.3) is 5.57 Å². The van der Waals surface area contributed by atoms with Gasteiger partial charge in [-0.15, -0.1) is 0 Å². The lowest BCUT2D eigenvalue weighted by Crippen LogP contribution is -2.31. The highest BCUT2D eigenvalue weighted by atomic mass is 19.1. The summed E-state index contributed by atoms with van der Waals surface area (Å²) in [6.07, 6.45) is 1.38. The van der Waals surface area contributed by atoms with Gasteiger partial charge in [0.25, 0.3) is 0 Å². The predicted octanol–water partition coefficient (Wildman–Crippen LogP) is 3.92. The third kappa shape index (κ3) is 2.20. The van der Waals surface area contributed by atoms with Crippen LogP contribution >= 0.6 is 0 Å². The van der Waals surface area contributed by atoms with E-state index in [1.807, 2.05) is 36.4 Å². The third-order valence-corrected chi connectivity index (χ3v) is 4.29. The molecule has 1 fully saturated rings. The standard InChI is InChI=1S/C18H13F2NO2/c19-12-6-7-15(20)13(8-12)14-9-16(11-4-2-1-3-5-11)21-17(14)10-23-18(21)22/h1-9,16-17H,10H2/t16-,17+/m0/s1. The third-order valence-electron chi connectivity index (χ3n) is 4.29. The second-order valence-corrected chi connectivity index (χ2v) is 5.60. The van der Waals surface area contributed by atoms with Gasteiger partial charge in [-0.05, 0) is 29.3 Å². The topological polar surface area (TPSA) is 29.5 Å². The van der Waals surface area contributed by atoms with Crippen molar-refractivity contribution in [2.75, 3.05) is 6.61 Å². The Morgan fingerprint density at radius 2 is 1.87 bits per heavy atom. The molecule has 0 aromatic heterocycles. The lowest BCUT2D eigenvalue weighted by Gasteiger charge is -2.22. The summed E-state index contributed by atoms with van der Waals surface area (Å²) in [5.74, 6) is -1.02. The first kappa shape index (κ1) is 13.9. The lowest BCUT2D eigenvalue weighted by molar-refractivity contribution is 0.153. The normalized spacial score (nSPS) is 22.8. The zero-order chi connectivity index (χ0) is 16.0. The monoisotopic (exact) mass is 313 g/mol.